The molecule has 0 aliphatic heterocycles. The summed E-state index contributed by atoms with van der Waals surface area (Å²) in [5.74, 6) is 0.702. The standard InChI is InChI=1S/C15H20N2O3/c1-10(6-7-18)17-14(19)8-11-9-16-12-4-3-5-13(20-2)15(11)12/h3-5,9-10,16,18H,6-8H2,1-2H3,(H,17,19)/t10-/m1/s1. The summed E-state index contributed by atoms with van der Waals surface area (Å²) in [5, 5.41) is 12.7. The molecule has 0 radical (unpaired) electrons. The SMILES string of the molecule is COc1cccc2[nH]cc(CC(=O)N[C@H](C)CCO)c12. The van der Waals surface area contributed by atoms with Crippen molar-refractivity contribution in [1.29, 1.82) is 0 Å². The normalized spacial score (nSPS) is 12.3. The number of fused-ring (bicyclic) bond motifs is 1. The first kappa shape index (κ1) is 14.4. The van der Waals surface area contributed by atoms with Crippen molar-refractivity contribution in [3.63, 3.8) is 0 Å². The third kappa shape index (κ3) is 3.11. The van der Waals surface area contributed by atoms with Crippen LogP contribution in [0.4, 0.5) is 0 Å². The molecule has 108 valence electrons. The van der Waals surface area contributed by atoms with Gasteiger partial charge in [0.1, 0.15) is 5.75 Å². The predicted molar refractivity (Wildman–Crippen MR) is 77.9 cm³/mol. The maximum absolute atomic E-state index is 12.0. The number of benzene rings is 1. The second kappa shape index (κ2) is 6.43. The van der Waals surface area contributed by atoms with E-state index in [9.17, 15) is 4.79 Å². The molecule has 2 aromatic rings. The van der Waals surface area contributed by atoms with Crippen LogP contribution in [0.25, 0.3) is 10.9 Å². The summed E-state index contributed by atoms with van der Waals surface area (Å²) < 4.78 is 5.34. The highest BCUT2D eigenvalue weighted by molar-refractivity contribution is 5.93. The molecule has 0 bridgehead atoms. The number of aliphatic hydroxyl groups excluding tert-OH is 1. The lowest BCUT2D eigenvalue weighted by Gasteiger charge is -2.12. The predicted octanol–water partition coefficient (Wildman–Crippen LogP) is 1.61. The van der Waals surface area contributed by atoms with Gasteiger partial charge in [-0.1, -0.05) is 6.07 Å². The van der Waals surface area contributed by atoms with Crippen molar-refractivity contribution in [2.75, 3.05) is 13.7 Å². The summed E-state index contributed by atoms with van der Waals surface area (Å²) in [6.07, 6.45) is 2.68. The molecule has 0 spiro atoms. The number of ether oxygens (including phenoxy) is 1. The largest absolute Gasteiger partial charge is 0.496 e. The zero-order valence-electron chi connectivity index (χ0n) is 11.8. The van der Waals surface area contributed by atoms with Crippen molar-refractivity contribution >= 4 is 16.8 Å². The van der Waals surface area contributed by atoms with Crippen LogP contribution in [0.1, 0.15) is 18.9 Å². The molecule has 1 heterocycles. The molecule has 0 saturated carbocycles. The molecule has 1 amide bonds. The van der Waals surface area contributed by atoms with Crippen molar-refractivity contribution in [1.82, 2.24) is 10.3 Å². The molecule has 0 unspecified atom stereocenters. The fourth-order valence-electron chi connectivity index (χ4n) is 2.29. The molecular weight excluding hydrogens is 256 g/mol. The van der Waals surface area contributed by atoms with Gasteiger partial charge in [0.05, 0.1) is 13.5 Å². The maximum atomic E-state index is 12.0. The third-order valence-corrected chi connectivity index (χ3v) is 3.29. The molecule has 5 nitrogen and oxygen atoms in total. The van der Waals surface area contributed by atoms with E-state index < -0.39 is 0 Å². The lowest BCUT2D eigenvalue weighted by atomic mass is 10.1. The smallest absolute Gasteiger partial charge is 0.224 e. The number of aliphatic hydroxyl groups is 1. The summed E-state index contributed by atoms with van der Waals surface area (Å²) in [7, 11) is 1.62. The van der Waals surface area contributed by atoms with Gasteiger partial charge in [-0.25, -0.2) is 0 Å². The van der Waals surface area contributed by atoms with Crippen molar-refractivity contribution in [3.8, 4) is 5.75 Å². The number of methoxy groups -OCH3 is 1. The van der Waals surface area contributed by atoms with Gasteiger partial charge in [-0.3, -0.25) is 4.79 Å². The number of nitrogens with one attached hydrogen (secondary N) is 2. The van der Waals surface area contributed by atoms with E-state index in [-0.39, 0.29) is 25.0 Å². The lowest BCUT2D eigenvalue weighted by Crippen LogP contribution is -2.34. The zero-order chi connectivity index (χ0) is 14.5. The second-order valence-electron chi connectivity index (χ2n) is 4.85. The van der Waals surface area contributed by atoms with Crippen molar-refractivity contribution in [3.05, 3.63) is 30.0 Å². The number of amides is 1. The third-order valence-electron chi connectivity index (χ3n) is 3.29. The molecule has 0 aliphatic carbocycles. The van der Waals surface area contributed by atoms with Gasteiger partial charge in [-0.2, -0.15) is 0 Å². The highest BCUT2D eigenvalue weighted by Gasteiger charge is 2.13. The van der Waals surface area contributed by atoms with Crippen molar-refractivity contribution in [2.45, 2.75) is 25.8 Å². The summed E-state index contributed by atoms with van der Waals surface area (Å²) >= 11 is 0. The number of H-pyrrole nitrogens is 1. The molecule has 2 rings (SSSR count). The minimum absolute atomic E-state index is 0.0281. The molecule has 5 heteroatoms. The van der Waals surface area contributed by atoms with E-state index in [1.54, 1.807) is 7.11 Å². The van der Waals surface area contributed by atoms with Crippen LogP contribution in [-0.4, -0.2) is 35.8 Å². The molecule has 20 heavy (non-hydrogen) atoms. The molecular formula is C15H20N2O3. The Labute approximate surface area is 117 Å². The van der Waals surface area contributed by atoms with Crippen LogP contribution in [0, 0.1) is 0 Å². The Morgan fingerprint density at radius 3 is 3.00 bits per heavy atom. The van der Waals surface area contributed by atoms with Gasteiger partial charge in [-0.15, -0.1) is 0 Å². The van der Waals surface area contributed by atoms with E-state index in [2.05, 4.69) is 10.3 Å². The lowest BCUT2D eigenvalue weighted by molar-refractivity contribution is -0.121. The number of aromatic nitrogens is 1. The van der Waals surface area contributed by atoms with Gasteiger partial charge in [0, 0.05) is 29.7 Å². The average Bonchev–Trinajstić information content (AvgIpc) is 2.82. The molecule has 0 saturated heterocycles. The Hall–Kier alpha value is -2.01. The van der Waals surface area contributed by atoms with E-state index in [1.807, 2.05) is 31.3 Å². The molecule has 1 aromatic carbocycles. The summed E-state index contributed by atoms with van der Waals surface area (Å²) in [5.41, 5.74) is 1.86. The van der Waals surface area contributed by atoms with Gasteiger partial charge in [0.2, 0.25) is 5.91 Å². The number of aromatic amines is 1. The monoisotopic (exact) mass is 276 g/mol. The van der Waals surface area contributed by atoms with E-state index in [0.717, 1.165) is 22.2 Å². The van der Waals surface area contributed by atoms with Crippen LogP contribution >= 0.6 is 0 Å². The first-order valence-corrected chi connectivity index (χ1v) is 6.69. The van der Waals surface area contributed by atoms with Gasteiger partial charge in [0.25, 0.3) is 0 Å². The number of hydrogen-bond acceptors (Lipinski definition) is 3. The van der Waals surface area contributed by atoms with Crippen LogP contribution in [-0.2, 0) is 11.2 Å². The summed E-state index contributed by atoms with van der Waals surface area (Å²) in [6, 6.07) is 5.71. The Balaban J connectivity index is 2.15. The molecule has 0 aliphatic rings. The fraction of sp³-hybridized carbons (Fsp3) is 0.400. The van der Waals surface area contributed by atoms with Crippen LogP contribution in [0.5, 0.6) is 5.75 Å². The van der Waals surface area contributed by atoms with Gasteiger partial charge in [-0.05, 0) is 31.0 Å². The summed E-state index contributed by atoms with van der Waals surface area (Å²) in [6.45, 7) is 1.95. The van der Waals surface area contributed by atoms with Crippen LogP contribution in [0.2, 0.25) is 0 Å². The van der Waals surface area contributed by atoms with E-state index >= 15 is 0 Å². The maximum Gasteiger partial charge on any atom is 0.224 e. The van der Waals surface area contributed by atoms with E-state index in [4.69, 9.17) is 9.84 Å². The van der Waals surface area contributed by atoms with Crippen molar-refractivity contribution < 1.29 is 14.6 Å². The van der Waals surface area contributed by atoms with E-state index in [0.29, 0.717) is 6.42 Å². The Bertz CT molecular complexity index is 592. The topological polar surface area (TPSA) is 74.4 Å². The number of carbonyl (C=O) groups is 1. The Morgan fingerprint density at radius 2 is 2.30 bits per heavy atom. The minimum Gasteiger partial charge on any atom is -0.496 e. The zero-order valence-corrected chi connectivity index (χ0v) is 11.8. The minimum atomic E-state index is -0.0576. The van der Waals surface area contributed by atoms with Crippen molar-refractivity contribution in [2.24, 2.45) is 0 Å². The van der Waals surface area contributed by atoms with Crippen LogP contribution in [0.15, 0.2) is 24.4 Å². The molecule has 3 N–H and O–H groups in total. The first-order valence-electron chi connectivity index (χ1n) is 6.69. The van der Waals surface area contributed by atoms with E-state index in [1.165, 1.54) is 0 Å². The van der Waals surface area contributed by atoms with Gasteiger partial charge >= 0.3 is 0 Å². The first-order chi connectivity index (χ1) is 9.65. The van der Waals surface area contributed by atoms with Gasteiger partial charge in [0.15, 0.2) is 0 Å². The molecule has 1 aromatic heterocycles. The molecule has 1 atom stereocenters. The number of hydrogen-bond donors (Lipinski definition) is 3. The van der Waals surface area contributed by atoms with Crippen LogP contribution < -0.4 is 10.1 Å². The van der Waals surface area contributed by atoms with Crippen LogP contribution in [0.3, 0.4) is 0 Å². The van der Waals surface area contributed by atoms with Gasteiger partial charge < -0.3 is 20.1 Å². The highest BCUT2D eigenvalue weighted by Crippen LogP contribution is 2.28. The fourth-order valence-corrected chi connectivity index (χ4v) is 2.29. The highest BCUT2D eigenvalue weighted by atomic mass is 16.5. The summed E-state index contributed by atoms with van der Waals surface area (Å²) in [4.78, 5) is 15.1. The number of carbonyl (C=O) groups excluding carboxylic acids is 1. The average molecular weight is 276 g/mol. The Kier molecular flexibility index (Phi) is 4.63. The molecule has 0 fully saturated rings. The quantitative estimate of drug-likeness (QED) is 0.750. The second-order valence-corrected chi connectivity index (χ2v) is 4.85. The Morgan fingerprint density at radius 1 is 1.50 bits per heavy atom. The number of rotatable bonds is 6.